The highest BCUT2D eigenvalue weighted by atomic mass is 19.1. The Morgan fingerprint density at radius 3 is 2.51 bits per heavy atom. The summed E-state index contributed by atoms with van der Waals surface area (Å²) in [5.41, 5.74) is -0.437. The van der Waals surface area contributed by atoms with Crippen molar-refractivity contribution in [3.8, 4) is 6.07 Å². The van der Waals surface area contributed by atoms with Crippen molar-refractivity contribution in [1.82, 2.24) is 5.32 Å². The summed E-state index contributed by atoms with van der Waals surface area (Å²) in [6.07, 6.45) is 0.251. The zero-order valence-corrected chi connectivity index (χ0v) is 20.8. The molecule has 1 unspecified atom stereocenters. The average molecular weight is 513 g/mol. The van der Waals surface area contributed by atoms with Gasteiger partial charge in [0.15, 0.2) is 11.4 Å². The molecule has 1 N–H and O–H groups in total. The van der Waals surface area contributed by atoms with Crippen molar-refractivity contribution in [2.75, 3.05) is 0 Å². The molecule has 0 bridgehead atoms. The van der Waals surface area contributed by atoms with Gasteiger partial charge in [0.25, 0.3) is 5.91 Å². The fourth-order valence-electron chi connectivity index (χ4n) is 5.08. The van der Waals surface area contributed by atoms with Crippen LogP contribution >= 0.6 is 0 Å². The first kappa shape index (κ1) is 25.7. The average Bonchev–Trinajstić information content (AvgIpc) is 3.62. The molecule has 1 heterocycles. The second-order valence-electron chi connectivity index (χ2n) is 10.4. The second kappa shape index (κ2) is 10.1. The van der Waals surface area contributed by atoms with E-state index in [1.54, 1.807) is 38.1 Å². The van der Waals surface area contributed by atoms with Gasteiger partial charge in [-0.1, -0.05) is 24.3 Å². The van der Waals surface area contributed by atoms with E-state index in [1.165, 1.54) is 18.2 Å². The Morgan fingerprint density at radius 2 is 1.81 bits per heavy atom. The van der Waals surface area contributed by atoms with Crippen molar-refractivity contribution in [1.29, 1.82) is 5.26 Å². The van der Waals surface area contributed by atoms with Gasteiger partial charge in [-0.15, -0.1) is 0 Å². The van der Waals surface area contributed by atoms with Crippen molar-refractivity contribution >= 4 is 5.91 Å². The van der Waals surface area contributed by atoms with Crippen molar-refractivity contribution in [3.05, 3.63) is 70.8 Å². The molecule has 2 aromatic rings. The summed E-state index contributed by atoms with van der Waals surface area (Å²) in [5.74, 6) is -2.64. The molecule has 1 amide bonds. The molecule has 1 aliphatic heterocycles. The summed E-state index contributed by atoms with van der Waals surface area (Å²) < 4.78 is 53.3. The van der Waals surface area contributed by atoms with E-state index >= 15 is 0 Å². The minimum absolute atomic E-state index is 0.0259. The fraction of sp³-hybridized carbons (Fsp3) is 0.500. The standard InChI is InChI=1S/C28H30F2N2O5/c1-27(2)36-24-13-28(26(33)32-19-10-11-19,35-15-18-7-4-3-6-17(18)14-31)12-23(25(24)37-27)34-16-20-21(29)8-5-9-22(20)30/h3-9,19,23-25H,10-13,15-16H2,1-2H3,(H,32,33)/t23?,24-,25+,28-/m1/s1. The lowest BCUT2D eigenvalue weighted by atomic mass is 9.78. The predicted molar refractivity (Wildman–Crippen MR) is 128 cm³/mol. The molecule has 9 heteroatoms. The van der Waals surface area contributed by atoms with Crippen LogP contribution in [0.2, 0.25) is 0 Å². The highest BCUT2D eigenvalue weighted by molar-refractivity contribution is 5.86. The Bertz CT molecular complexity index is 1190. The van der Waals surface area contributed by atoms with E-state index in [1.807, 2.05) is 0 Å². The van der Waals surface area contributed by atoms with Gasteiger partial charge in [0, 0.05) is 24.4 Å². The Morgan fingerprint density at radius 1 is 1.08 bits per heavy atom. The van der Waals surface area contributed by atoms with E-state index < -0.39 is 41.3 Å². The van der Waals surface area contributed by atoms with Crippen molar-refractivity contribution < 1.29 is 32.5 Å². The molecule has 1 saturated heterocycles. The maximum atomic E-state index is 14.3. The highest BCUT2D eigenvalue weighted by Crippen LogP contribution is 2.44. The predicted octanol–water partition coefficient (Wildman–Crippen LogP) is 4.27. The molecule has 5 rings (SSSR count). The third kappa shape index (κ3) is 5.53. The van der Waals surface area contributed by atoms with E-state index in [2.05, 4.69) is 11.4 Å². The number of benzene rings is 2. The van der Waals surface area contributed by atoms with E-state index in [-0.39, 0.29) is 43.6 Å². The number of carbonyl (C=O) groups excluding carboxylic acids is 1. The quantitative estimate of drug-likeness (QED) is 0.568. The van der Waals surface area contributed by atoms with Crippen LogP contribution in [0.1, 0.15) is 56.2 Å². The highest BCUT2D eigenvalue weighted by Gasteiger charge is 2.58. The fourth-order valence-corrected chi connectivity index (χ4v) is 5.08. The number of ether oxygens (including phenoxy) is 4. The number of fused-ring (bicyclic) bond motifs is 1. The molecular weight excluding hydrogens is 482 g/mol. The van der Waals surface area contributed by atoms with Crippen LogP contribution in [0.25, 0.3) is 0 Å². The van der Waals surface area contributed by atoms with Gasteiger partial charge in [0.2, 0.25) is 0 Å². The zero-order chi connectivity index (χ0) is 26.2. The van der Waals surface area contributed by atoms with Gasteiger partial charge in [-0.05, 0) is 50.5 Å². The lowest BCUT2D eigenvalue weighted by molar-refractivity contribution is -0.183. The van der Waals surface area contributed by atoms with Crippen LogP contribution < -0.4 is 5.32 Å². The SMILES string of the molecule is CC1(C)O[C@@H]2C[C@@](OCc3ccccc3C#N)(C(=O)NC3CC3)CC(OCc3c(F)cccc3F)[C@@H]2O1. The maximum Gasteiger partial charge on any atom is 0.252 e. The number of halogens is 2. The lowest BCUT2D eigenvalue weighted by Gasteiger charge is -2.43. The number of rotatable bonds is 8. The van der Waals surface area contributed by atoms with Crippen LogP contribution in [0.15, 0.2) is 42.5 Å². The first-order chi connectivity index (χ1) is 17.7. The van der Waals surface area contributed by atoms with E-state index in [9.17, 15) is 18.8 Å². The molecule has 0 radical (unpaired) electrons. The Balaban J connectivity index is 1.44. The maximum absolute atomic E-state index is 14.3. The monoisotopic (exact) mass is 512 g/mol. The zero-order valence-electron chi connectivity index (χ0n) is 20.8. The summed E-state index contributed by atoms with van der Waals surface area (Å²) in [6.45, 7) is 3.23. The number of nitrogens with zero attached hydrogens (tertiary/aromatic N) is 1. The number of hydrogen-bond acceptors (Lipinski definition) is 6. The van der Waals surface area contributed by atoms with Crippen molar-refractivity contribution in [3.63, 3.8) is 0 Å². The van der Waals surface area contributed by atoms with Crippen LogP contribution in [0.3, 0.4) is 0 Å². The molecule has 0 aromatic heterocycles. The molecule has 0 spiro atoms. The summed E-state index contributed by atoms with van der Waals surface area (Å²) in [7, 11) is 0. The summed E-state index contributed by atoms with van der Waals surface area (Å²) in [5, 5.41) is 12.5. The summed E-state index contributed by atoms with van der Waals surface area (Å²) >= 11 is 0. The molecule has 2 aliphatic carbocycles. The summed E-state index contributed by atoms with van der Waals surface area (Å²) in [4.78, 5) is 13.7. The van der Waals surface area contributed by atoms with E-state index in [0.717, 1.165) is 12.8 Å². The molecule has 196 valence electrons. The topological polar surface area (TPSA) is 89.8 Å². The molecule has 3 aliphatic rings. The number of amides is 1. The molecule has 2 aromatic carbocycles. The van der Waals surface area contributed by atoms with Crippen molar-refractivity contribution in [2.45, 2.75) is 88.5 Å². The molecule has 7 nitrogen and oxygen atoms in total. The van der Waals surface area contributed by atoms with Gasteiger partial charge in [-0.2, -0.15) is 5.26 Å². The van der Waals surface area contributed by atoms with Crippen molar-refractivity contribution in [2.24, 2.45) is 0 Å². The smallest absolute Gasteiger partial charge is 0.252 e. The van der Waals surface area contributed by atoms with Crippen LogP contribution in [-0.2, 0) is 37.0 Å². The van der Waals surface area contributed by atoms with Gasteiger partial charge in [0.1, 0.15) is 17.7 Å². The normalized spacial score (nSPS) is 28.4. The van der Waals surface area contributed by atoms with E-state index in [0.29, 0.717) is 11.1 Å². The number of nitrogens with one attached hydrogen (secondary N) is 1. The number of nitriles is 1. The second-order valence-corrected chi connectivity index (χ2v) is 10.4. The first-order valence-corrected chi connectivity index (χ1v) is 12.5. The minimum Gasteiger partial charge on any atom is -0.370 e. The molecular formula is C28H30F2N2O5. The minimum atomic E-state index is -1.35. The third-order valence-corrected chi connectivity index (χ3v) is 7.12. The van der Waals surface area contributed by atoms with Crippen LogP contribution in [0.4, 0.5) is 8.78 Å². The Labute approximate surface area is 214 Å². The lowest BCUT2D eigenvalue weighted by Crippen LogP contribution is -2.60. The first-order valence-electron chi connectivity index (χ1n) is 12.5. The van der Waals surface area contributed by atoms with Gasteiger partial charge in [-0.3, -0.25) is 4.79 Å². The van der Waals surface area contributed by atoms with Gasteiger partial charge in [-0.25, -0.2) is 8.78 Å². The summed E-state index contributed by atoms with van der Waals surface area (Å²) in [6, 6.07) is 12.9. The van der Waals surface area contributed by atoms with Gasteiger partial charge >= 0.3 is 0 Å². The largest absolute Gasteiger partial charge is 0.370 e. The molecule has 4 atom stereocenters. The Hall–Kier alpha value is -2.90. The Kier molecular flexibility index (Phi) is 7.03. The third-order valence-electron chi connectivity index (χ3n) is 7.12. The molecule has 2 saturated carbocycles. The van der Waals surface area contributed by atoms with Crippen LogP contribution in [0.5, 0.6) is 0 Å². The van der Waals surface area contributed by atoms with Crippen LogP contribution in [0, 0.1) is 23.0 Å². The van der Waals surface area contributed by atoms with E-state index in [4.69, 9.17) is 18.9 Å². The number of hydrogen-bond donors (Lipinski definition) is 1. The van der Waals surface area contributed by atoms with Gasteiger partial charge in [0.05, 0.1) is 37.1 Å². The molecule has 3 fully saturated rings. The number of carbonyl (C=O) groups is 1. The van der Waals surface area contributed by atoms with Crippen LogP contribution in [-0.4, -0.2) is 41.6 Å². The van der Waals surface area contributed by atoms with Gasteiger partial charge < -0.3 is 24.3 Å². The molecule has 37 heavy (non-hydrogen) atoms.